The van der Waals surface area contributed by atoms with Crippen molar-refractivity contribution < 1.29 is 0 Å². The summed E-state index contributed by atoms with van der Waals surface area (Å²) >= 11 is 0. The van der Waals surface area contributed by atoms with E-state index in [0.29, 0.717) is 6.54 Å². The first-order valence-electron chi connectivity index (χ1n) is 5.62. The lowest BCUT2D eigenvalue weighted by Crippen LogP contribution is -2.31. The Morgan fingerprint density at radius 1 is 1.31 bits per heavy atom. The zero-order valence-corrected chi connectivity index (χ0v) is 9.88. The summed E-state index contributed by atoms with van der Waals surface area (Å²) in [6, 6.07) is 8.28. The Bertz CT molecular complexity index is 471. The van der Waals surface area contributed by atoms with Crippen LogP contribution in [0, 0.1) is 5.41 Å². The normalized spacial score (nSPS) is 11.9. The Morgan fingerprint density at radius 3 is 2.81 bits per heavy atom. The molecular formula is C13H19N3. The number of nitrogens with one attached hydrogen (secondary N) is 2. The van der Waals surface area contributed by atoms with E-state index in [2.05, 4.69) is 42.3 Å². The fraction of sp³-hybridized carbons (Fsp3) is 0.385. The summed E-state index contributed by atoms with van der Waals surface area (Å²) < 4.78 is 0. The molecule has 0 atom stereocenters. The van der Waals surface area contributed by atoms with Gasteiger partial charge in [-0.05, 0) is 18.0 Å². The van der Waals surface area contributed by atoms with E-state index in [1.807, 2.05) is 12.3 Å². The molecule has 0 unspecified atom stereocenters. The first-order valence-corrected chi connectivity index (χ1v) is 5.62. The number of fused-ring (bicyclic) bond motifs is 1. The molecule has 1 heterocycles. The first kappa shape index (κ1) is 11.0. The van der Waals surface area contributed by atoms with Crippen molar-refractivity contribution in [1.82, 2.24) is 4.98 Å². The van der Waals surface area contributed by atoms with Gasteiger partial charge in [-0.15, -0.1) is 0 Å². The minimum Gasteiger partial charge on any atom is -0.383 e. The van der Waals surface area contributed by atoms with Gasteiger partial charge >= 0.3 is 0 Å². The molecule has 2 aromatic rings. The van der Waals surface area contributed by atoms with Crippen LogP contribution in [0.4, 0.5) is 5.69 Å². The van der Waals surface area contributed by atoms with Gasteiger partial charge in [-0.1, -0.05) is 32.0 Å². The molecule has 0 bridgehead atoms. The van der Waals surface area contributed by atoms with E-state index in [9.17, 15) is 0 Å². The van der Waals surface area contributed by atoms with Crippen molar-refractivity contribution in [3.63, 3.8) is 0 Å². The van der Waals surface area contributed by atoms with Crippen molar-refractivity contribution in [2.45, 2.75) is 13.8 Å². The van der Waals surface area contributed by atoms with E-state index in [4.69, 9.17) is 5.73 Å². The summed E-state index contributed by atoms with van der Waals surface area (Å²) in [5.74, 6) is 0. The molecule has 2 rings (SSSR count). The van der Waals surface area contributed by atoms with E-state index in [-0.39, 0.29) is 5.41 Å². The van der Waals surface area contributed by atoms with E-state index in [0.717, 1.165) is 17.7 Å². The molecule has 3 nitrogen and oxygen atoms in total. The predicted molar refractivity (Wildman–Crippen MR) is 69.6 cm³/mol. The highest BCUT2D eigenvalue weighted by molar-refractivity contribution is 5.92. The SMILES string of the molecule is CC(C)(CN)CNc1c[nH]c2ccccc12. The van der Waals surface area contributed by atoms with Gasteiger partial charge in [-0.3, -0.25) is 0 Å². The highest BCUT2D eigenvalue weighted by Crippen LogP contribution is 2.24. The number of rotatable bonds is 4. The minimum absolute atomic E-state index is 0.123. The first-order chi connectivity index (χ1) is 7.62. The molecule has 0 saturated carbocycles. The van der Waals surface area contributed by atoms with Gasteiger partial charge in [-0.25, -0.2) is 0 Å². The predicted octanol–water partition coefficient (Wildman–Crippen LogP) is 2.56. The quantitative estimate of drug-likeness (QED) is 0.737. The summed E-state index contributed by atoms with van der Waals surface area (Å²) in [7, 11) is 0. The number of anilines is 1. The second kappa shape index (κ2) is 4.18. The van der Waals surface area contributed by atoms with Gasteiger partial charge in [0, 0.05) is 23.6 Å². The summed E-state index contributed by atoms with van der Waals surface area (Å²) in [6.07, 6.45) is 2.01. The van der Waals surface area contributed by atoms with Gasteiger partial charge in [0.1, 0.15) is 0 Å². The van der Waals surface area contributed by atoms with Crippen LogP contribution in [-0.4, -0.2) is 18.1 Å². The molecule has 3 heteroatoms. The fourth-order valence-corrected chi connectivity index (χ4v) is 1.62. The minimum atomic E-state index is 0.123. The number of hydrogen-bond donors (Lipinski definition) is 3. The standard InChI is InChI=1S/C13H19N3/c1-13(2,8-14)9-16-12-7-15-11-6-4-3-5-10(11)12/h3-7,15-16H,8-9,14H2,1-2H3. The molecule has 1 aromatic carbocycles. The third kappa shape index (κ3) is 2.19. The third-order valence-electron chi connectivity index (χ3n) is 2.90. The van der Waals surface area contributed by atoms with Crippen molar-refractivity contribution in [2.75, 3.05) is 18.4 Å². The average Bonchev–Trinajstić information content (AvgIpc) is 2.70. The number of aromatic nitrogens is 1. The number of para-hydroxylation sites is 1. The fourth-order valence-electron chi connectivity index (χ4n) is 1.62. The van der Waals surface area contributed by atoms with Gasteiger partial charge in [0.15, 0.2) is 0 Å². The summed E-state index contributed by atoms with van der Waals surface area (Å²) in [6.45, 7) is 5.89. The van der Waals surface area contributed by atoms with Gasteiger partial charge < -0.3 is 16.0 Å². The Kier molecular flexibility index (Phi) is 2.88. The van der Waals surface area contributed by atoms with Gasteiger partial charge in [-0.2, -0.15) is 0 Å². The lowest BCUT2D eigenvalue weighted by molar-refractivity contribution is 0.406. The maximum absolute atomic E-state index is 5.71. The Morgan fingerprint density at radius 2 is 2.06 bits per heavy atom. The summed E-state index contributed by atoms with van der Waals surface area (Å²) in [5.41, 5.74) is 8.15. The molecule has 0 aliphatic heterocycles. The van der Waals surface area contributed by atoms with Gasteiger partial charge in [0.05, 0.1) is 5.69 Å². The highest BCUT2D eigenvalue weighted by Gasteiger charge is 2.15. The molecule has 0 saturated heterocycles. The number of benzene rings is 1. The number of H-pyrrole nitrogens is 1. The van der Waals surface area contributed by atoms with Crippen LogP contribution in [0.2, 0.25) is 0 Å². The molecular weight excluding hydrogens is 198 g/mol. The van der Waals surface area contributed by atoms with Crippen molar-refractivity contribution in [3.05, 3.63) is 30.5 Å². The monoisotopic (exact) mass is 217 g/mol. The zero-order valence-electron chi connectivity index (χ0n) is 9.88. The Hall–Kier alpha value is -1.48. The van der Waals surface area contributed by atoms with Crippen LogP contribution >= 0.6 is 0 Å². The van der Waals surface area contributed by atoms with Crippen molar-refractivity contribution in [3.8, 4) is 0 Å². The molecule has 0 spiro atoms. The summed E-state index contributed by atoms with van der Waals surface area (Å²) in [4.78, 5) is 3.25. The molecule has 0 radical (unpaired) electrons. The number of nitrogens with two attached hydrogens (primary N) is 1. The second-order valence-corrected chi connectivity index (χ2v) is 4.97. The summed E-state index contributed by atoms with van der Waals surface area (Å²) in [5, 5.41) is 4.68. The molecule has 86 valence electrons. The lowest BCUT2D eigenvalue weighted by atomic mass is 9.94. The maximum atomic E-state index is 5.71. The van der Waals surface area contributed by atoms with Crippen molar-refractivity contribution >= 4 is 16.6 Å². The van der Waals surface area contributed by atoms with Crippen molar-refractivity contribution in [1.29, 1.82) is 0 Å². The Labute approximate surface area is 96.0 Å². The third-order valence-corrected chi connectivity index (χ3v) is 2.90. The van der Waals surface area contributed by atoms with Crippen LogP contribution in [0.5, 0.6) is 0 Å². The van der Waals surface area contributed by atoms with E-state index < -0.39 is 0 Å². The lowest BCUT2D eigenvalue weighted by Gasteiger charge is -2.22. The van der Waals surface area contributed by atoms with Crippen LogP contribution in [0.3, 0.4) is 0 Å². The zero-order chi connectivity index (χ0) is 11.6. The molecule has 0 aliphatic carbocycles. The topological polar surface area (TPSA) is 53.8 Å². The van der Waals surface area contributed by atoms with Gasteiger partial charge in [0.2, 0.25) is 0 Å². The van der Waals surface area contributed by atoms with Gasteiger partial charge in [0.25, 0.3) is 0 Å². The smallest absolute Gasteiger partial charge is 0.0598 e. The molecule has 0 aliphatic rings. The maximum Gasteiger partial charge on any atom is 0.0598 e. The Balaban J connectivity index is 2.16. The van der Waals surface area contributed by atoms with E-state index in [1.165, 1.54) is 5.39 Å². The van der Waals surface area contributed by atoms with Crippen LogP contribution < -0.4 is 11.1 Å². The van der Waals surface area contributed by atoms with Crippen molar-refractivity contribution in [2.24, 2.45) is 11.1 Å². The highest BCUT2D eigenvalue weighted by atomic mass is 14.9. The number of aromatic amines is 1. The van der Waals surface area contributed by atoms with Crippen LogP contribution in [0.1, 0.15) is 13.8 Å². The van der Waals surface area contributed by atoms with Crippen LogP contribution in [0.15, 0.2) is 30.5 Å². The average molecular weight is 217 g/mol. The van der Waals surface area contributed by atoms with E-state index in [1.54, 1.807) is 0 Å². The van der Waals surface area contributed by atoms with Crippen LogP contribution in [-0.2, 0) is 0 Å². The van der Waals surface area contributed by atoms with E-state index >= 15 is 0 Å². The second-order valence-electron chi connectivity index (χ2n) is 4.97. The molecule has 0 amide bonds. The largest absolute Gasteiger partial charge is 0.383 e. The molecule has 1 aromatic heterocycles. The number of hydrogen-bond acceptors (Lipinski definition) is 2. The molecule has 16 heavy (non-hydrogen) atoms. The molecule has 0 fully saturated rings. The van der Waals surface area contributed by atoms with Crippen LogP contribution in [0.25, 0.3) is 10.9 Å². The molecule has 4 N–H and O–H groups in total.